The van der Waals surface area contributed by atoms with Crippen LogP contribution in [0.1, 0.15) is 55.4 Å². The zero-order chi connectivity index (χ0) is 26.2. The molecule has 3 rings (SSSR count). The summed E-state index contributed by atoms with van der Waals surface area (Å²) >= 11 is 3.22. The van der Waals surface area contributed by atoms with Crippen LogP contribution in [0.25, 0.3) is 0 Å². The van der Waals surface area contributed by atoms with Gasteiger partial charge in [0.05, 0.1) is 24.5 Å². The summed E-state index contributed by atoms with van der Waals surface area (Å²) in [7, 11) is 0. The number of carbonyl (C=O) groups excluding carboxylic acids is 4. The number of carbonyl (C=O) groups is 4. The third-order valence-electron chi connectivity index (χ3n) is 4.57. The van der Waals surface area contributed by atoms with Gasteiger partial charge in [-0.1, -0.05) is 40.8 Å². The molecule has 2 amide bonds. The summed E-state index contributed by atoms with van der Waals surface area (Å²) in [5.74, 6) is -1.96. The van der Waals surface area contributed by atoms with E-state index in [2.05, 4.69) is 20.8 Å². The average Bonchev–Trinajstić information content (AvgIpc) is 3.41. The highest BCUT2D eigenvalue weighted by Crippen LogP contribution is 2.35. The fraction of sp³-hybridized carbons (Fsp3) is 0.304. The standard InChI is InChI=1S/C23H24N4O6S3/c1-5-32-20(30)16-13(4)17(21(31)33-6-2)35-19(16)24-15(28)11-34-23-27-26-22(36-23)25-18(29)14-9-7-8-12(3)10-14/h7-10H,5-6,11H2,1-4H3,(H,24,28)(H,25,26,29). The third kappa shape index (κ3) is 6.89. The summed E-state index contributed by atoms with van der Waals surface area (Å²) < 4.78 is 10.6. The van der Waals surface area contributed by atoms with Crippen LogP contribution < -0.4 is 10.6 Å². The normalized spacial score (nSPS) is 10.6. The Morgan fingerprint density at radius 3 is 2.39 bits per heavy atom. The number of thioether (sulfide) groups is 1. The van der Waals surface area contributed by atoms with Crippen LogP contribution in [0.2, 0.25) is 0 Å². The van der Waals surface area contributed by atoms with Crippen LogP contribution in [0.15, 0.2) is 28.6 Å². The molecule has 0 atom stereocenters. The van der Waals surface area contributed by atoms with Gasteiger partial charge in [-0.2, -0.15) is 0 Å². The molecule has 0 bridgehead atoms. The third-order valence-corrected chi connectivity index (χ3v) is 7.73. The second-order valence-electron chi connectivity index (χ2n) is 7.23. The summed E-state index contributed by atoms with van der Waals surface area (Å²) in [6.45, 7) is 7.17. The first kappa shape index (κ1) is 27.3. The summed E-state index contributed by atoms with van der Waals surface area (Å²) in [6.07, 6.45) is 0. The average molecular weight is 549 g/mol. The van der Waals surface area contributed by atoms with Crippen LogP contribution in [0, 0.1) is 13.8 Å². The Bertz CT molecular complexity index is 1290. The molecule has 2 aromatic heterocycles. The number of ether oxygens (including phenoxy) is 2. The summed E-state index contributed by atoms with van der Waals surface area (Å²) in [5, 5.41) is 13.8. The number of nitrogens with one attached hydrogen (secondary N) is 2. The van der Waals surface area contributed by atoms with Gasteiger partial charge in [-0.25, -0.2) is 9.59 Å². The number of benzene rings is 1. The molecule has 0 saturated heterocycles. The van der Waals surface area contributed by atoms with E-state index in [-0.39, 0.29) is 40.3 Å². The van der Waals surface area contributed by atoms with Gasteiger partial charge in [-0.15, -0.1) is 21.5 Å². The van der Waals surface area contributed by atoms with E-state index in [0.29, 0.717) is 20.6 Å². The van der Waals surface area contributed by atoms with Crippen molar-refractivity contribution in [2.45, 2.75) is 32.0 Å². The highest BCUT2D eigenvalue weighted by Gasteiger charge is 2.27. The lowest BCUT2D eigenvalue weighted by Gasteiger charge is -2.06. The maximum Gasteiger partial charge on any atom is 0.348 e. The molecule has 1 aromatic carbocycles. The molecule has 0 fully saturated rings. The van der Waals surface area contributed by atoms with Crippen LogP contribution in [-0.2, 0) is 14.3 Å². The van der Waals surface area contributed by atoms with Crippen molar-refractivity contribution in [2.24, 2.45) is 0 Å². The number of thiophene rings is 1. The van der Waals surface area contributed by atoms with Crippen molar-refractivity contribution in [3.05, 3.63) is 51.4 Å². The van der Waals surface area contributed by atoms with E-state index in [9.17, 15) is 19.2 Å². The van der Waals surface area contributed by atoms with E-state index in [4.69, 9.17) is 9.47 Å². The minimum Gasteiger partial charge on any atom is -0.462 e. The van der Waals surface area contributed by atoms with Crippen LogP contribution in [-0.4, -0.2) is 52.9 Å². The van der Waals surface area contributed by atoms with Gasteiger partial charge in [0, 0.05) is 5.56 Å². The van der Waals surface area contributed by atoms with E-state index in [1.807, 2.05) is 13.0 Å². The van der Waals surface area contributed by atoms with Crippen molar-refractivity contribution in [1.82, 2.24) is 10.2 Å². The van der Waals surface area contributed by atoms with Crippen LogP contribution >= 0.6 is 34.4 Å². The van der Waals surface area contributed by atoms with Crippen molar-refractivity contribution in [2.75, 3.05) is 29.6 Å². The van der Waals surface area contributed by atoms with Gasteiger partial charge in [0.25, 0.3) is 5.91 Å². The van der Waals surface area contributed by atoms with Gasteiger partial charge in [-0.05, 0) is 45.4 Å². The van der Waals surface area contributed by atoms with Gasteiger partial charge >= 0.3 is 11.9 Å². The highest BCUT2D eigenvalue weighted by atomic mass is 32.2. The minimum atomic E-state index is -0.636. The number of aryl methyl sites for hydroxylation is 1. The summed E-state index contributed by atoms with van der Waals surface area (Å²) in [6, 6.07) is 7.16. The fourth-order valence-electron chi connectivity index (χ4n) is 3.01. The van der Waals surface area contributed by atoms with E-state index < -0.39 is 17.8 Å². The Kier molecular flexibility index (Phi) is 9.56. The van der Waals surface area contributed by atoms with Gasteiger partial charge in [0.2, 0.25) is 11.0 Å². The lowest BCUT2D eigenvalue weighted by atomic mass is 10.1. The lowest BCUT2D eigenvalue weighted by molar-refractivity contribution is -0.113. The Morgan fingerprint density at radius 1 is 0.972 bits per heavy atom. The molecular formula is C23H24N4O6S3. The van der Waals surface area contributed by atoms with E-state index in [1.54, 1.807) is 39.0 Å². The molecule has 190 valence electrons. The molecule has 0 aliphatic rings. The number of hydrogen-bond donors (Lipinski definition) is 2. The second-order valence-corrected chi connectivity index (χ2v) is 10.5. The van der Waals surface area contributed by atoms with Crippen LogP contribution in [0.3, 0.4) is 0 Å². The molecule has 13 heteroatoms. The first-order valence-electron chi connectivity index (χ1n) is 10.8. The topological polar surface area (TPSA) is 137 Å². The molecule has 2 N–H and O–H groups in total. The van der Waals surface area contributed by atoms with E-state index in [1.165, 1.54) is 0 Å². The Morgan fingerprint density at radius 2 is 1.69 bits per heavy atom. The Balaban J connectivity index is 1.64. The van der Waals surface area contributed by atoms with Crippen molar-refractivity contribution in [3.8, 4) is 0 Å². The Labute approximate surface area is 219 Å². The van der Waals surface area contributed by atoms with Gasteiger partial charge in [0.15, 0.2) is 4.34 Å². The van der Waals surface area contributed by atoms with Gasteiger partial charge in [-0.3, -0.25) is 14.9 Å². The van der Waals surface area contributed by atoms with E-state index >= 15 is 0 Å². The first-order valence-corrected chi connectivity index (χ1v) is 13.5. The quantitative estimate of drug-likeness (QED) is 0.212. The molecule has 36 heavy (non-hydrogen) atoms. The maximum absolute atomic E-state index is 12.6. The predicted octanol–water partition coefficient (Wildman–Crippen LogP) is 4.55. The number of rotatable bonds is 10. The molecule has 2 heterocycles. The number of hydrogen-bond acceptors (Lipinski definition) is 11. The number of nitrogens with zero attached hydrogens (tertiary/aromatic N) is 2. The van der Waals surface area contributed by atoms with Gasteiger partial charge < -0.3 is 14.8 Å². The zero-order valence-corrected chi connectivity index (χ0v) is 22.4. The van der Waals surface area contributed by atoms with Crippen molar-refractivity contribution < 1.29 is 28.7 Å². The molecule has 3 aromatic rings. The molecule has 0 aliphatic carbocycles. The molecule has 0 unspecified atom stereocenters. The molecule has 0 saturated carbocycles. The van der Waals surface area contributed by atoms with Crippen molar-refractivity contribution >= 4 is 68.3 Å². The summed E-state index contributed by atoms with van der Waals surface area (Å²) in [4.78, 5) is 50.0. The SMILES string of the molecule is CCOC(=O)c1sc(NC(=O)CSc2nnc(NC(=O)c3cccc(C)c3)s2)c(C(=O)OCC)c1C. The Hall–Kier alpha value is -3.29. The minimum absolute atomic E-state index is 0.0333. The molecule has 0 radical (unpaired) electrons. The molecule has 0 spiro atoms. The molecule has 10 nitrogen and oxygen atoms in total. The number of esters is 2. The van der Waals surface area contributed by atoms with Gasteiger partial charge in [0.1, 0.15) is 9.88 Å². The first-order chi connectivity index (χ1) is 17.2. The summed E-state index contributed by atoms with van der Waals surface area (Å²) in [5.41, 5.74) is 1.98. The second kappa shape index (κ2) is 12.6. The largest absolute Gasteiger partial charge is 0.462 e. The zero-order valence-electron chi connectivity index (χ0n) is 20.0. The molecule has 0 aliphatic heterocycles. The predicted molar refractivity (Wildman–Crippen MR) is 139 cm³/mol. The van der Waals surface area contributed by atoms with E-state index in [0.717, 1.165) is 40.0 Å². The van der Waals surface area contributed by atoms with Crippen molar-refractivity contribution in [1.29, 1.82) is 0 Å². The smallest absolute Gasteiger partial charge is 0.348 e. The maximum atomic E-state index is 12.6. The van der Waals surface area contributed by atoms with Crippen molar-refractivity contribution in [3.63, 3.8) is 0 Å². The monoisotopic (exact) mass is 548 g/mol. The van der Waals surface area contributed by atoms with Crippen LogP contribution in [0.4, 0.5) is 10.1 Å². The van der Waals surface area contributed by atoms with Crippen LogP contribution in [0.5, 0.6) is 0 Å². The molecular weight excluding hydrogens is 524 g/mol. The fourth-order valence-corrected chi connectivity index (χ4v) is 5.66. The lowest BCUT2D eigenvalue weighted by Crippen LogP contribution is -2.16. The number of aromatic nitrogens is 2. The number of amides is 2. The highest BCUT2D eigenvalue weighted by molar-refractivity contribution is 8.01. The number of anilines is 2.